The van der Waals surface area contributed by atoms with Gasteiger partial charge in [0.05, 0.1) is 22.1 Å². The largest absolute Gasteiger partial charge is 0.418 e. The molecule has 0 atom stereocenters. The number of carbonyl (C=O) groups is 2. The van der Waals surface area contributed by atoms with Gasteiger partial charge in [-0.25, -0.2) is 28.3 Å². The molecule has 0 saturated carbocycles. The van der Waals surface area contributed by atoms with Gasteiger partial charge >= 0.3 is 12.1 Å². The second kappa shape index (κ2) is 27.8. The molecule has 1 aliphatic heterocycles. The van der Waals surface area contributed by atoms with Crippen LogP contribution in [0.5, 0.6) is 5.75 Å². The van der Waals surface area contributed by atoms with Crippen LogP contribution in [0.15, 0.2) is 137 Å². The molecule has 0 aliphatic carbocycles. The number of anilines is 4. The number of benzene rings is 5. The lowest BCUT2D eigenvalue weighted by Gasteiger charge is -2.13. The van der Waals surface area contributed by atoms with Gasteiger partial charge in [0.25, 0.3) is 0 Å². The summed E-state index contributed by atoms with van der Waals surface area (Å²) in [7, 11) is 0. The number of rotatable bonds is 9. The van der Waals surface area contributed by atoms with E-state index in [9.17, 15) is 18.4 Å². The molecular weight excluding hydrogens is 1010 g/mol. The van der Waals surface area contributed by atoms with Crippen LogP contribution in [0.4, 0.5) is 41.4 Å². The number of imidazole rings is 2. The summed E-state index contributed by atoms with van der Waals surface area (Å²) in [5, 5.41) is 15.6. The van der Waals surface area contributed by atoms with E-state index in [0.29, 0.717) is 51.3 Å². The Morgan fingerprint density at radius 1 is 0.633 bits per heavy atom. The summed E-state index contributed by atoms with van der Waals surface area (Å²) in [4.78, 5) is 34.8. The monoisotopic (exact) mass is 1080 g/mol. The Labute approximate surface area is 460 Å². The molecule has 19 heteroatoms. The zero-order valence-corrected chi connectivity index (χ0v) is 47.0. The lowest BCUT2D eigenvalue weighted by atomic mass is 9.93. The Bertz CT molecular complexity index is 3340. The number of ether oxygens (including phenoxy) is 2. The van der Waals surface area contributed by atoms with E-state index in [1.807, 2.05) is 107 Å². The van der Waals surface area contributed by atoms with Crippen molar-refractivity contribution in [1.82, 2.24) is 34.3 Å². The standard InChI is InChI=1S/C22H22FN5O2.C14H12FN3.C14H16N2O3.C6H15N.C4H8O/c1-13-9-14(23)10-17-20(13)28(12-24-17)16-7-5-15(6-8-16)25-21(29)26-19-11-18(30-27-19)22(2,3)4;1-9-6-10(15)7-13-14(9)18(8-17-13)12-4-2-11(16)3-5-12;1-14(2,3)11-9-12(16-19-11)15-13(17)18-10-7-5-4-6-8-10;1-4-7(5-2)6-3;1-2-4-5-3-1/h5-12H,1-4H3,(H2,25,26,27,29);2-8H,16H2,1H3;4-9H,1-3H3,(H,15,16,17);4-6H2,1-3H3;1-4H2. The van der Waals surface area contributed by atoms with Crippen molar-refractivity contribution in [1.29, 1.82) is 0 Å². The van der Waals surface area contributed by atoms with Crippen LogP contribution in [-0.4, -0.2) is 79.3 Å². The molecule has 0 spiro atoms. The van der Waals surface area contributed by atoms with Gasteiger partial charge in [-0.1, -0.05) is 90.8 Å². The molecule has 3 amide bonds. The number of amides is 3. The summed E-state index contributed by atoms with van der Waals surface area (Å²) >= 11 is 0. The van der Waals surface area contributed by atoms with Crippen molar-refractivity contribution in [3.63, 3.8) is 0 Å². The first kappa shape index (κ1) is 59.8. The van der Waals surface area contributed by atoms with Crippen molar-refractivity contribution in [3.05, 3.63) is 162 Å². The van der Waals surface area contributed by atoms with E-state index in [1.54, 1.807) is 61.2 Å². The highest BCUT2D eigenvalue weighted by Crippen LogP contribution is 2.28. The van der Waals surface area contributed by atoms with Crippen molar-refractivity contribution in [2.45, 2.75) is 99.8 Å². The van der Waals surface area contributed by atoms with Crippen molar-refractivity contribution in [2.24, 2.45) is 0 Å². The number of hydrogen-bond acceptors (Lipinski definition) is 12. The molecule has 5 N–H and O–H groups in total. The molecule has 0 bridgehead atoms. The molecule has 79 heavy (non-hydrogen) atoms. The summed E-state index contributed by atoms with van der Waals surface area (Å²) in [6.45, 7) is 27.8. The van der Waals surface area contributed by atoms with Gasteiger partial charge < -0.3 is 34.5 Å². The van der Waals surface area contributed by atoms with Crippen LogP contribution in [0.2, 0.25) is 0 Å². The molecule has 9 aromatic rings. The minimum atomic E-state index is -0.597. The number of nitrogens with two attached hydrogens (primary N) is 1. The SMILES string of the molecule is C1CCOC1.CC(C)(C)c1cc(NC(=O)Oc2ccccc2)no1.CCN(CC)CC.Cc1cc(F)cc2ncn(-c3ccc(N)cc3)c12.Cc1cc(F)cc2ncn(-c3ccc(NC(=O)Nc4cc(C(C)(C)C)on4)cc3)c12. The summed E-state index contributed by atoms with van der Waals surface area (Å²) in [6.07, 6.45) is 5.31. The van der Waals surface area contributed by atoms with E-state index in [2.05, 4.69) is 61.9 Å². The van der Waals surface area contributed by atoms with Crippen molar-refractivity contribution in [3.8, 4) is 17.1 Å². The van der Waals surface area contributed by atoms with Crippen molar-refractivity contribution in [2.75, 3.05) is 54.5 Å². The molecule has 0 radical (unpaired) electrons. The number of hydrogen-bond donors (Lipinski definition) is 4. The number of nitrogen functional groups attached to an aromatic ring is 1. The highest BCUT2D eigenvalue weighted by molar-refractivity contribution is 5.99. The highest BCUT2D eigenvalue weighted by atomic mass is 19.1. The number of urea groups is 1. The van der Waals surface area contributed by atoms with E-state index in [-0.39, 0.29) is 22.5 Å². The average molecular weight is 1080 g/mol. The number of aryl methyl sites for hydroxylation is 2. The normalized spacial score (nSPS) is 12.0. The first-order chi connectivity index (χ1) is 37.6. The Kier molecular flexibility index (Phi) is 21.0. The Balaban J connectivity index is 0.000000178. The van der Waals surface area contributed by atoms with Gasteiger partial charge in [-0.3, -0.25) is 19.8 Å². The molecule has 4 aromatic heterocycles. The fourth-order valence-electron chi connectivity index (χ4n) is 7.91. The second-order valence-electron chi connectivity index (χ2n) is 20.5. The maximum Gasteiger partial charge on any atom is 0.418 e. The second-order valence-corrected chi connectivity index (χ2v) is 20.5. The van der Waals surface area contributed by atoms with Crippen LogP contribution in [0.1, 0.15) is 97.8 Å². The third-order valence-corrected chi connectivity index (χ3v) is 12.3. The quantitative estimate of drug-likeness (QED) is 0.0997. The molecule has 5 heterocycles. The van der Waals surface area contributed by atoms with Gasteiger partial charge in [0.1, 0.15) is 41.6 Å². The number of para-hydroxylation sites is 1. The minimum Gasteiger partial charge on any atom is -0.410 e. The number of fused-ring (bicyclic) bond motifs is 2. The number of carbonyl (C=O) groups excluding carboxylic acids is 2. The van der Waals surface area contributed by atoms with Crippen LogP contribution in [0.25, 0.3) is 33.4 Å². The zero-order valence-electron chi connectivity index (χ0n) is 47.0. The van der Waals surface area contributed by atoms with Crippen molar-refractivity contribution < 1.29 is 36.9 Å². The fraction of sp³-hybridized carbons (Fsp3) is 0.333. The number of aromatic nitrogens is 6. The summed E-state index contributed by atoms with van der Waals surface area (Å²) < 4.78 is 51.2. The lowest BCUT2D eigenvalue weighted by Crippen LogP contribution is -2.21. The third-order valence-electron chi connectivity index (χ3n) is 12.3. The number of nitrogens with one attached hydrogen (secondary N) is 3. The smallest absolute Gasteiger partial charge is 0.410 e. The van der Waals surface area contributed by atoms with Crippen LogP contribution >= 0.6 is 0 Å². The van der Waals surface area contributed by atoms with Crippen molar-refractivity contribution >= 4 is 57.2 Å². The van der Waals surface area contributed by atoms with Gasteiger partial charge in [0, 0.05) is 71.1 Å². The molecule has 418 valence electrons. The van der Waals surface area contributed by atoms with Gasteiger partial charge in [-0.15, -0.1) is 0 Å². The first-order valence-electron chi connectivity index (χ1n) is 26.2. The molecule has 0 unspecified atom stereocenters. The van der Waals surface area contributed by atoms with E-state index in [4.69, 9.17) is 24.3 Å². The number of nitrogens with zero attached hydrogens (tertiary/aromatic N) is 7. The zero-order chi connectivity index (χ0) is 57.3. The predicted molar refractivity (Wildman–Crippen MR) is 309 cm³/mol. The summed E-state index contributed by atoms with van der Waals surface area (Å²) in [5.41, 5.74) is 13.1. The topological polar surface area (TPSA) is 206 Å². The van der Waals surface area contributed by atoms with Gasteiger partial charge in [0.2, 0.25) is 0 Å². The minimum absolute atomic E-state index is 0.156. The van der Waals surface area contributed by atoms with Gasteiger partial charge in [-0.05, 0) is 130 Å². The molecule has 1 saturated heterocycles. The number of halogens is 2. The molecule has 5 aromatic carbocycles. The average Bonchev–Trinajstić information content (AvgIpc) is 4.35. The lowest BCUT2D eigenvalue weighted by molar-refractivity contribution is 0.198. The predicted octanol–water partition coefficient (Wildman–Crippen LogP) is 14.2. The van der Waals surface area contributed by atoms with Gasteiger partial charge in [-0.2, -0.15) is 0 Å². The van der Waals surface area contributed by atoms with E-state index in [1.165, 1.54) is 56.7 Å². The van der Waals surface area contributed by atoms with Crippen LogP contribution < -0.4 is 26.4 Å². The fourth-order valence-corrected chi connectivity index (χ4v) is 7.91. The summed E-state index contributed by atoms with van der Waals surface area (Å²) in [6, 6.07) is 32.4. The Hall–Kier alpha value is -8.42. The molecular formula is C60H73F2N11O6. The third kappa shape index (κ3) is 17.5. The Morgan fingerprint density at radius 2 is 1.09 bits per heavy atom. The van der Waals surface area contributed by atoms with Crippen LogP contribution in [-0.2, 0) is 15.6 Å². The van der Waals surface area contributed by atoms with E-state index >= 15 is 0 Å². The maximum absolute atomic E-state index is 13.6. The van der Waals surface area contributed by atoms with E-state index in [0.717, 1.165) is 46.7 Å². The first-order valence-corrected chi connectivity index (χ1v) is 26.2. The summed E-state index contributed by atoms with van der Waals surface area (Å²) in [5.74, 6) is 1.97. The highest BCUT2D eigenvalue weighted by Gasteiger charge is 2.22. The molecule has 1 aliphatic rings. The van der Waals surface area contributed by atoms with Gasteiger partial charge in [0.15, 0.2) is 11.6 Å². The van der Waals surface area contributed by atoms with Crippen LogP contribution in [0, 0.1) is 25.5 Å². The molecule has 10 rings (SSSR count). The van der Waals surface area contributed by atoms with Crippen LogP contribution in [0.3, 0.4) is 0 Å². The van der Waals surface area contributed by atoms with E-state index < -0.39 is 12.1 Å². The maximum atomic E-state index is 13.6. The Morgan fingerprint density at radius 3 is 1.49 bits per heavy atom. The molecule has 17 nitrogen and oxygen atoms in total. The molecule has 1 fully saturated rings.